The highest BCUT2D eigenvalue weighted by atomic mass is 32.2. The molecule has 2 N–H and O–H groups in total. The molecule has 0 saturated heterocycles. The van der Waals surface area contributed by atoms with Crippen molar-refractivity contribution in [3.05, 3.63) is 70.8 Å². The Kier molecular flexibility index (Phi) is 8.22. The van der Waals surface area contributed by atoms with Gasteiger partial charge in [0, 0.05) is 33.2 Å². The maximum atomic E-state index is 12.1. The van der Waals surface area contributed by atoms with E-state index in [-0.39, 0.29) is 11.8 Å². The Bertz CT molecular complexity index is 922. The van der Waals surface area contributed by atoms with Crippen LogP contribution in [0.2, 0.25) is 0 Å². The van der Waals surface area contributed by atoms with Gasteiger partial charge in [0.15, 0.2) is 5.96 Å². The van der Waals surface area contributed by atoms with Gasteiger partial charge in [0.1, 0.15) is 0 Å². The van der Waals surface area contributed by atoms with Crippen molar-refractivity contribution in [2.75, 3.05) is 14.1 Å². The third kappa shape index (κ3) is 7.51. The number of hydrogen-bond acceptors (Lipinski definition) is 3. The Morgan fingerprint density at radius 1 is 1.07 bits per heavy atom. The molecule has 0 aliphatic heterocycles. The first-order chi connectivity index (χ1) is 13.7. The first kappa shape index (κ1) is 22.9. The van der Waals surface area contributed by atoms with Crippen LogP contribution in [0, 0.1) is 6.92 Å². The van der Waals surface area contributed by atoms with Crippen molar-refractivity contribution >= 4 is 16.0 Å². The van der Waals surface area contributed by atoms with Crippen LogP contribution in [0.5, 0.6) is 0 Å². The van der Waals surface area contributed by atoms with Crippen molar-refractivity contribution < 1.29 is 8.42 Å². The number of aliphatic imine (C=N–C) groups is 1. The van der Waals surface area contributed by atoms with Crippen LogP contribution in [0.15, 0.2) is 53.5 Å². The number of nitrogens with zero attached hydrogens (tertiary/aromatic N) is 2. The molecule has 0 unspecified atom stereocenters. The van der Waals surface area contributed by atoms with E-state index in [1.807, 2.05) is 57.3 Å². The number of hydrogen-bond donors (Lipinski definition) is 2. The largest absolute Gasteiger partial charge is 0.352 e. The summed E-state index contributed by atoms with van der Waals surface area (Å²) < 4.78 is 26.7. The maximum absolute atomic E-state index is 12.1. The third-order valence-electron chi connectivity index (χ3n) is 4.49. The van der Waals surface area contributed by atoms with E-state index in [0.29, 0.717) is 6.54 Å². The molecular formula is C22H32N4O2S. The molecule has 0 radical (unpaired) electrons. The van der Waals surface area contributed by atoms with E-state index in [0.717, 1.165) is 23.6 Å². The number of sulfonamides is 1. The average molecular weight is 417 g/mol. The highest BCUT2D eigenvalue weighted by molar-refractivity contribution is 7.88. The second kappa shape index (κ2) is 10.4. The lowest BCUT2D eigenvalue weighted by atomic mass is 10.1. The summed E-state index contributed by atoms with van der Waals surface area (Å²) in [5, 5.41) is 3.36. The van der Waals surface area contributed by atoms with Crippen LogP contribution >= 0.6 is 0 Å². The van der Waals surface area contributed by atoms with Crippen molar-refractivity contribution in [3.8, 4) is 0 Å². The smallest absolute Gasteiger partial charge is 0.216 e. The molecule has 29 heavy (non-hydrogen) atoms. The highest BCUT2D eigenvalue weighted by Gasteiger charge is 2.13. The molecule has 2 aromatic carbocycles. The van der Waals surface area contributed by atoms with E-state index in [9.17, 15) is 8.42 Å². The summed E-state index contributed by atoms with van der Waals surface area (Å²) in [6.07, 6.45) is 0. The summed E-state index contributed by atoms with van der Waals surface area (Å²) in [6.45, 7) is 7.12. The van der Waals surface area contributed by atoms with Crippen molar-refractivity contribution in [3.63, 3.8) is 0 Å². The molecule has 2 rings (SSSR count). The summed E-state index contributed by atoms with van der Waals surface area (Å²) in [5.41, 5.74) is 4.35. The minimum atomic E-state index is -3.31. The Morgan fingerprint density at radius 2 is 1.69 bits per heavy atom. The van der Waals surface area contributed by atoms with Gasteiger partial charge in [-0.3, -0.25) is 4.99 Å². The summed E-state index contributed by atoms with van der Waals surface area (Å²) in [4.78, 5) is 6.45. The first-order valence-corrected chi connectivity index (χ1v) is 11.4. The Morgan fingerprint density at radius 3 is 2.28 bits per heavy atom. The first-order valence-electron chi connectivity index (χ1n) is 9.74. The summed E-state index contributed by atoms with van der Waals surface area (Å²) in [5.74, 6) is 0.792. The Balaban J connectivity index is 1.93. The van der Waals surface area contributed by atoms with Gasteiger partial charge >= 0.3 is 0 Å². The molecule has 2 aromatic rings. The quantitative estimate of drug-likeness (QED) is 0.512. The van der Waals surface area contributed by atoms with E-state index in [1.54, 1.807) is 7.05 Å². The normalized spacial score (nSPS) is 12.3. The molecule has 158 valence electrons. The van der Waals surface area contributed by atoms with Gasteiger partial charge in [-0.15, -0.1) is 0 Å². The van der Waals surface area contributed by atoms with Gasteiger partial charge in [0.2, 0.25) is 10.0 Å². The van der Waals surface area contributed by atoms with E-state index < -0.39 is 10.0 Å². The van der Waals surface area contributed by atoms with Crippen LogP contribution in [-0.4, -0.2) is 39.4 Å². The van der Waals surface area contributed by atoms with Crippen LogP contribution in [0.3, 0.4) is 0 Å². The lowest BCUT2D eigenvalue weighted by Crippen LogP contribution is -2.38. The van der Waals surface area contributed by atoms with Gasteiger partial charge in [-0.1, -0.05) is 48.5 Å². The lowest BCUT2D eigenvalue weighted by molar-refractivity contribution is 0.475. The van der Waals surface area contributed by atoms with E-state index in [2.05, 4.69) is 39.0 Å². The maximum Gasteiger partial charge on any atom is 0.216 e. The molecule has 0 aliphatic carbocycles. The zero-order valence-electron chi connectivity index (χ0n) is 17.9. The van der Waals surface area contributed by atoms with E-state index in [4.69, 9.17) is 0 Å². The highest BCUT2D eigenvalue weighted by Crippen LogP contribution is 2.11. The van der Waals surface area contributed by atoms with Gasteiger partial charge < -0.3 is 10.2 Å². The molecule has 0 saturated carbocycles. The number of aryl methyl sites for hydroxylation is 1. The molecule has 0 fully saturated rings. The predicted octanol–water partition coefficient (Wildman–Crippen LogP) is 3.03. The predicted molar refractivity (Wildman–Crippen MR) is 120 cm³/mol. The fourth-order valence-corrected chi connectivity index (χ4v) is 4.49. The monoisotopic (exact) mass is 416 g/mol. The van der Waals surface area contributed by atoms with Crippen LogP contribution < -0.4 is 10.0 Å². The lowest BCUT2D eigenvalue weighted by Gasteiger charge is -2.23. The van der Waals surface area contributed by atoms with Crippen molar-refractivity contribution in [2.45, 2.75) is 45.7 Å². The number of guanidine groups is 1. The SMILES string of the molecule is CN=C(NCc1ccc(CS(=O)(=O)NC(C)C)cc1)N(C)Cc1ccccc1C. The minimum Gasteiger partial charge on any atom is -0.352 e. The number of benzene rings is 2. The van der Waals surface area contributed by atoms with E-state index in [1.165, 1.54) is 11.1 Å². The van der Waals surface area contributed by atoms with Crippen LogP contribution in [0.25, 0.3) is 0 Å². The minimum absolute atomic E-state index is 0.0142. The average Bonchev–Trinajstić information content (AvgIpc) is 2.64. The van der Waals surface area contributed by atoms with Crippen molar-refractivity contribution in [1.29, 1.82) is 0 Å². The fourth-order valence-electron chi connectivity index (χ4n) is 3.06. The summed E-state index contributed by atoms with van der Waals surface area (Å²) in [7, 11) is 0.469. The zero-order chi connectivity index (χ0) is 21.4. The zero-order valence-corrected chi connectivity index (χ0v) is 18.8. The Labute approximate surface area is 175 Å². The molecule has 0 aliphatic rings. The molecule has 0 aromatic heterocycles. The van der Waals surface area contributed by atoms with Crippen LogP contribution in [-0.2, 0) is 28.9 Å². The van der Waals surface area contributed by atoms with Gasteiger partial charge in [-0.25, -0.2) is 13.1 Å². The topological polar surface area (TPSA) is 73.8 Å². The fraction of sp³-hybridized carbons (Fsp3) is 0.409. The molecule has 0 spiro atoms. The van der Waals surface area contributed by atoms with Crippen LogP contribution in [0.1, 0.15) is 36.1 Å². The van der Waals surface area contributed by atoms with E-state index >= 15 is 0 Å². The number of nitrogens with one attached hydrogen (secondary N) is 2. The van der Waals surface area contributed by atoms with Gasteiger partial charge in [0.25, 0.3) is 0 Å². The van der Waals surface area contributed by atoms with Crippen molar-refractivity contribution in [1.82, 2.24) is 14.9 Å². The standard InChI is InChI=1S/C22H32N4O2S/c1-17(2)25-29(27,28)16-20-12-10-19(11-13-20)14-24-22(23-4)26(5)15-21-9-7-6-8-18(21)3/h6-13,17,25H,14-16H2,1-5H3,(H,23,24). The van der Waals surface area contributed by atoms with Crippen molar-refractivity contribution in [2.24, 2.45) is 4.99 Å². The molecule has 0 bridgehead atoms. The Hall–Kier alpha value is -2.38. The summed E-state index contributed by atoms with van der Waals surface area (Å²) >= 11 is 0. The molecule has 0 atom stereocenters. The third-order valence-corrected chi connectivity index (χ3v) is 6.03. The molecule has 6 nitrogen and oxygen atoms in total. The van der Waals surface area contributed by atoms with Gasteiger partial charge in [-0.05, 0) is 43.0 Å². The molecule has 0 amide bonds. The van der Waals surface area contributed by atoms with Gasteiger partial charge in [0.05, 0.1) is 5.75 Å². The molecular weight excluding hydrogens is 384 g/mol. The molecule has 7 heteroatoms. The molecule has 0 heterocycles. The second-order valence-electron chi connectivity index (χ2n) is 7.53. The second-order valence-corrected chi connectivity index (χ2v) is 9.29. The summed E-state index contributed by atoms with van der Waals surface area (Å²) in [6, 6.07) is 15.8. The number of rotatable bonds is 8. The van der Waals surface area contributed by atoms with Gasteiger partial charge in [-0.2, -0.15) is 0 Å². The van der Waals surface area contributed by atoms with Crippen LogP contribution in [0.4, 0.5) is 0 Å².